The number of esters is 1. The van der Waals surface area contributed by atoms with Gasteiger partial charge in [0, 0.05) is 6.42 Å². The monoisotopic (exact) mass is 836 g/mol. The number of aliphatic hydroxyl groups is 2. The molecule has 0 aromatic rings. The summed E-state index contributed by atoms with van der Waals surface area (Å²) in [4.78, 5) is 26.1. The molecule has 0 heterocycles. The molecule has 0 saturated carbocycles. The van der Waals surface area contributed by atoms with E-state index in [1.165, 1.54) is 218 Å². The first-order chi connectivity index (χ1) is 29.0. The van der Waals surface area contributed by atoms with Crippen molar-refractivity contribution in [2.24, 2.45) is 0 Å². The van der Waals surface area contributed by atoms with Crippen LogP contribution in [0.15, 0.2) is 0 Å². The average molecular weight is 836 g/mol. The molecular weight excluding hydrogens is 731 g/mol. The lowest BCUT2D eigenvalue weighted by Gasteiger charge is -2.24. The maximum atomic E-state index is 13.2. The van der Waals surface area contributed by atoms with E-state index in [1.807, 2.05) is 0 Å². The first-order valence-electron chi connectivity index (χ1n) is 26.8. The molecule has 0 aromatic carbocycles. The summed E-state index contributed by atoms with van der Waals surface area (Å²) in [7, 11) is 0. The van der Waals surface area contributed by atoms with Gasteiger partial charge in [0.05, 0.1) is 25.2 Å². The molecule has 0 aromatic heterocycles. The molecular formula is C53H105NO5. The molecule has 0 fully saturated rings. The van der Waals surface area contributed by atoms with Gasteiger partial charge < -0.3 is 20.3 Å². The number of nitrogens with one attached hydrogen (secondary N) is 1. The molecule has 59 heavy (non-hydrogen) atoms. The lowest BCUT2D eigenvalue weighted by molar-refractivity contribution is -0.151. The zero-order chi connectivity index (χ0) is 43.1. The minimum absolute atomic E-state index is 0.0867. The van der Waals surface area contributed by atoms with E-state index in [1.54, 1.807) is 0 Å². The summed E-state index contributed by atoms with van der Waals surface area (Å²) < 4.78 is 5.92. The predicted octanol–water partition coefficient (Wildman–Crippen LogP) is 16.0. The fraction of sp³-hybridized carbons (Fsp3) is 0.962. The Morgan fingerprint density at radius 2 is 0.712 bits per heavy atom. The molecule has 3 unspecified atom stereocenters. The molecule has 0 spiro atoms. The van der Waals surface area contributed by atoms with Gasteiger partial charge in [-0.1, -0.05) is 265 Å². The van der Waals surface area contributed by atoms with Crippen LogP contribution in [0, 0.1) is 0 Å². The van der Waals surface area contributed by atoms with Crippen molar-refractivity contribution >= 4 is 11.9 Å². The zero-order valence-electron chi connectivity index (χ0n) is 40.2. The van der Waals surface area contributed by atoms with Gasteiger partial charge in [-0.3, -0.25) is 9.59 Å². The van der Waals surface area contributed by atoms with Crippen LogP contribution in [0.4, 0.5) is 0 Å². The third kappa shape index (κ3) is 43.3. The summed E-state index contributed by atoms with van der Waals surface area (Å²) in [5.74, 6) is -0.454. The van der Waals surface area contributed by atoms with E-state index in [4.69, 9.17) is 4.74 Å². The minimum atomic E-state index is -0.779. The second-order valence-corrected chi connectivity index (χ2v) is 18.6. The Morgan fingerprint density at radius 3 is 1.03 bits per heavy atom. The van der Waals surface area contributed by atoms with Crippen LogP contribution in [0.3, 0.4) is 0 Å². The number of ether oxygens (including phenoxy) is 1. The highest BCUT2D eigenvalue weighted by Gasteiger charge is 2.24. The number of aliphatic hydroxyl groups excluding tert-OH is 2. The largest absolute Gasteiger partial charge is 0.462 e. The highest BCUT2D eigenvalue weighted by molar-refractivity contribution is 5.77. The lowest BCUT2D eigenvalue weighted by atomic mass is 10.0. The van der Waals surface area contributed by atoms with Crippen molar-refractivity contribution in [3.05, 3.63) is 0 Å². The van der Waals surface area contributed by atoms with E-state index in [2.05, 4.69) is 26.1 Å². The molecule has 0 aliphatic heterocycles. The standard InChI is InChI=1S/C53H105NO5/c1-4-7-10-13-16-19-21-23-25-26-28-29-31-33-36-39-42-45-51(56)50(48-55)54-52(57)47-49(44-41-38-35-18-15-12-9-6-3)59-53(58)46-43-40-37-34-32-30-27-24-22-20-17-14-11-8-5-2/h49-51,55-56H,4-48H2,1-3H3,(H,54,57). The van der Waals surface area contributed by atoms with Crippen molar-refractivity contribution < 1.29 is 24.5 Å². The highest BCUT2D eigenvalue weighted by Crippen LogP contribution is 2.19. The number of amides is 1. The Balaban J connectivity index is 4.32. The molecule has 0 saturated heterocycles. The van der Waals surface area contributed by atoms with Crippen LogP contribution in [0.5, 0.6) is 0 Å². The van der Waals surface area contributed by atoms with Crippen LogP contribution < -0.4 is 5.32 Å². The number of carbonyl (C=O) groups excluding carboxylic acids is 2. The van der Waals surface area contributed by atoms with E-state index in [0.29, 0.717) is 19.3 Å². The number of rotatable bonds is 49. The molecule has 0 aliphatic rings. The van der Waals surface area contributed by atoms with E-state index in [-0.39, 0.29) is 24.9 Å². The van der Waals surface area contributed by atoms with Crippen molar-refractivity contribution in [2.45, 2.75) is 322 Å². The smallest absolute Gasteiger partial charge is 0.306 e. The molecule has 1 amide bonds. The van der Waals surface area contributed by atoms with Gasteiger partial charge in [0.2, 0.25) is 5.91 Å². The van der Waals surface area contributed by atoms with Gasteiger partial charge in [0.15, 0.2) is 0 Å². The fourth-order valence-electron chi connectivity index (χ4n) is 8.61. The van der Waals surface area contributed by atoms with Crippen molar-refractivity contribution in [2.75, 3.05) is 6.61 Å². The van der Waals surface area contributed by atoms with Crippen LogP contribution in [0.1, 0.15) is 303 Å². The van der Waals surface area contributed by atoms with Gasteiger partial charge in [0.1, 0.15) is 6.10 Å². The maximum absolute atomic E-state index is 13.2. The van der Waals surface area contributed by atoms with Crippen LogP contribution >= 0.6 is 0 Å². The molecule has 3 N–H and O–H groups in total. The molecule has 6 heteroatoms. The van der Waals surface area contributed by atoms with Gasteiger partial charge in [0.25, 0.3) is 0 Å². The molecule has 0 rings (SSSR count). The number of carbonyl (C=O) groups is 2. The second kappa shape index (κ2) is 47.9. The lowest BCUT2D eigenvalue weighted by Crippen LogP contribution is -2.46. The SMILES string of the molecule is CCCCCCCCCCCCCCCCCCCC(O)C(CO)NC(=O)CC(CCCCCCCCCC)OC(=O)CCCCCCCCCCCCCCCCC. The van der Waals surface area contributed by atoms with E-state index < -0.39 is 18.2 Å². The molecule has 0 radical (unpaired) electrons. The first kappa shape index (κ1) is 57.9. The average Bonchev–Trinajstić information content (AvgIpc) is 3.23. The van der Waals surface area contributed by atoms with Crippen molar-refractivity contribution in [3.8, 4) is 0 Å². The first-order valence-corrected chi connectivity index (χ1v) is 26.8. The Morgan fingerprint density at radius 1 is 0.424 bits per heavy atom. The highest BCUT2D eigenvalue weighted by atomic mass is 16.5. The predicted molar refractivity (Wildman–Crippen MR) is 255 cm³/mol. The summed E-state index contributed by atoms with van der Waals surface area (Å²) in [6.07, 6.45) is 51.7. The molecule has 3 atom stereocenters. The van der Waals surface area contributed by atoms with Crippen molar-refractivity contribution in [1.82, 2.24) is 5.32 Å². The third-order valence-electron chi connectivity index (χ3n) is 12.7. The summed E-state index contributed by atoms with van der Waals surface area (Å²) in [6.45, 7) is 6.50. The van der Waals surface area contributed by atoms with E-state index in [9.17, 15) is 19.8 Å². The van der Waals surface area contributed by atoms with Crippen LogP contribution in [0.25, 0.3) is 0 Å². The van der Waals surface area contributed by atoms with Gasteiger partial charge in [-0.25, -0.2) is 0 Å². The fourth-order valence-corrected chi connectivity index (χ4v) is 8.61. The zero-order valence-corrected chi connectivity index (χ0v) is 40.2. The summed E-state index contributed by atoms with van der Waals surface area (Å²) in [6, 6.07) is -0.691. The normalized spacial score (nSPS) is 13.1. The van der Waals surface area contributed by atoms with Crippen LogP contribution in [-0.4, -0.2) is 46.9 Å². The van der Waals surface area contributed by atoms with E-state index >= 15 is 0 Å². The molecule has 6 nitrogen and oxygen atoms in total. The minimum Gasteiger partial charge on any atom is -0.462 e. The third-order valence-corrected chi connectivity index (χ3v) is 12.7. The number of hydrogen-bond donors (Lipinski definition) is 3. The Kier molecular flexibility index (Phi) is 47.0. The van der Waals surface area contributed by atoms with Gasteiger partial charge in [-0.15, -0.1) is 0 Å². The second-order valence-electron chi connectivity index (χ2n) is 18.6. The summed E-state index contributed by atoms with van der Waals surface area (Å²) in [5, 5.41) is 23.8. The van der Waals surface area contributed by atoms with Crippen molar-refractivity contribution in [3.63, 3.8) is 0 Å². The number of hydrogen-bond acceptors (Lipinski definition) is 5. The molecule has 352 valence electrons. The number of unbranched alkanes of at least 4 members (excludes halogenated alkanes) is 37. The Labute approximate surface area is 368 Å². The summed E-state index contributed by atoms with van der Waals surface area (Å²) in [5.41, 5.74) is 0. The topological polar surface area (TPSA) is 95.9 Å². The Bertz CT molecular complexity index is 852. The van der Waals surface area contributed by atoms with Crippen LogP contribution in [0.2, 0.25) is 0 Å². The molecule has 0 bridgehead atoms. The molecule has 0 aliphatic carbocycles. The Hall–Kier alpha value is -1.14. The quantitative estimate of drug-likeness (QED) is 0.0419. The van der Waals surface area contributed by atoms with Gasteiger partial charge in [-0.05, 0) is 25.7 Å². The van der Waals surface area contributed by atoms with Crippen molar-refractivity contribution in [1.29, 1.82) is 0 Å². The van der Waals surface area contributed by atoms with Gasteiger partial charge in [-0.2, -0.15) is 0 Å². The summed E-state index contributed by atoms with van der Waals surface area (Å²) >= 11 is 0. The van der Waals surface area contributed by atoms with Gasteiger partial charge >= 0.3 is 5.97 Å². The van der Waals surface area contributed by atoms with Crippen LogP contribution in [-0.2, 0) is 14.3 Å². The van der Waals surface area contributed by atoms with E-state index in [0.717, 1.165) is 38.5 Å². The maximum Gasteiger partial charge on any atom is 0.306 e.